The van der Waals surface area contributed by atoms with Crippen molar-refractivity contribution in [1.82, 2.24) is 29.2 Å². The van der Waals surface area contributed by atoms with Crippen LogP contribution in [0.25, 0.3) is 11.6 Å². The largest absolute Gasteiger partial charge is 0.369 e. The molecule has 0 unspecified atom stereocenters. The molecule has 2 saturated heterocycles. The third-order valence-electron chi connectivity index (χ3n) is 7.30. The number of anilines is 2. The summed E-state index contributed by atoms with van der Waals surface area (Å²) in [7, 11) is -3.23. The van der Waals surface area contributed by atoms with Gasteiger partial charge in [0.25, 0.3) is 0 Å². The molecule has 0 radical (unpaired) electrons. The van der Waals surface area contributed by atoms with Crippen molar-refractivity contribution >= 4 is 21.5 Å². The Morgan fingerprint density at radius 1 is 0.972 bits per heavy atom. The Bertz CT molecular complexity index is 1380. The van der Waals surface area contributed by atoms with Gasteiger partial charge in [-0.15, -0.1) is 0 Å². The lowest BCUT2D eigenvalue weighted by Gasteiger charge is -2.47. The van der Waals surface area contributed by atoms with Crippen molar-refractivity contribution in [2.45, 2.75) is 37.8 Å². The number of hydrogen-bond acceptors (Lipinski definition) is 9. The molecule has 188 valence electrons. The highest BCUT2D eigenvalue weighted by Crippen LogP contribution is 2.44. The van der Waals surface area contributed by atoms with Gasteiger partial charge in [0.2, 0.25) is 16.0 Å². The molecule has 2 bridgehead atoms. The van der Waals surface area contributed by atoms with Crippen LogP contribution in [-0.4, -0.2) is 76.1 Å². The predicted molar refractivity (Wildman–Crippen MR) is 132 cm³/mol. The first kappa shape index (κ1) is 23.2. The summed E-state index contributed by atoms with van der Waals surface area (Å²) in [5.41, 5.74) is 2.76. The Kier molecular flexibility index (Phi) is 5.79. The van der Waals surface area contributed by atoms with Gasteiger partial charge in [0.1, 0.15) is 5.82 Å². The van der Waals surface area contributed by atoms with Gasteiger partial charge in [-0.1, -0.05) is 0 Å². The van der Waals surface area contributed by atoms with Crippen molar-refractivity contribution in [3.05, 3.63) is 54.0 Å². The van der Waals surface area contributed by atoms with Crippen molar-refractivity contribution in [2.75, 3.05) is 42.2 Å². The Morgan fingerprint density at radius 2 is 1.75 bits per heavy atom. The summed E-state index contributed by atoms with van der Waals surface area (Å²) in [6.07, 6.45) is 10.1. The van der Waals surface area contributed by atoms with Crippen LogP contribution < -0.4 is 9.80 Å². The molecule has 0 aliphatic carbocycles. The molecule has 36 heavy (non-hydrogen) atoms. The van der Waals surface area contributed by atoms with E-state index in [4.69, 9.17) is 4.98 Å². The maximum atomic E-state index is 14.8. The molecule has 3 aromatic rings. The van der Waals surface area contributed by atoms with Gasteiger partial charge < -0.3 is 9.80 Å². The van der Waals surface area contributed by atoms with E-state index in [2.05, 4.69) is 24.8 Å². The first-order valence-corrected chi connectivity index (χ1v) is 14.0. The Morgan fingerprint density at radius 3 is 2.50 bits per heavy atom. The Labute approximate surface area is 209 Å². The van der Waals surface area contributed by atoms with Crippen LogP contribution >= 0.6 is 0 Å². The van der Waals surface area contributed by atoms with Gasteiger partial charge >= 0.3 is 0 Å². The number of piperazine rings is 1. The zero-order valence-electron chi connectivity index (χ0n) is 20.0. The van der Waals surface area contributed by atoms with E-state index in [1.54, 1.807) is 18.5 Å². The van der Waals surface area contributed by atoms with Crippen molar-refractivity contribution in [3.63, 3.8) is 0 Å². The fourth-order valence-electron chi connectivity index (χ4n) is 5.61. The quantitative estimate of drug-likeness (QED) is 0.488. The lowest BCUT2D eigenvalue weighted by molar-refractivity contribution is 0.353. The highest BCUT2D eigenvalue weighted by Gasteiger charge is 2.40. The molecule has 3 aromatic heterocycles. The van der Waals surface area contributed by atoms with Crippen molar-refractivity contribution < 1.29 is 12.8 Å². The standard InChI is InChI=1S/C24H27FN8O2S/c1-36(34,35)32-10-8-31(9-11-32)17-13-21(25)30-22(14-17)33-16-4-2-5-20(33)18-15-28-24(29-19(18)12-16)23-26-6-3-7-27-23/h3,6-7,13-16,20H,2,4-5,8-12H2,1H3/t16-,20+/m1/s1. The molecule has 0 N–H and O–H groups in total. The molecule has 0 spiro atoms. The number of piperidine rings is 1. The van der Waals surface area contributed by atoms with E-state index in [1.807, 2.05) is 17.2 Å². The molecule has 0 amide bonds. The smallest absolute Gasteiger partial charge is 0.216 e. The summed E-state index contributed by atoms with van der Waals surface area (Å²) in [5, 5.41) is 0. The number of pyridine rings is 1. The highest BCUT2D eigenvalue weighted by molar-refractivity contribution is 7.88. The molecule has 3 aliphatic heterocycles. The average Bonchev–Trinajstić information content (AvgIpc) is 2.88. The molecule has 2 fully saturated rings. The molecule has 3 aliphatic rings. The van der Waals surface area contributed by atoms with Gasteiger partial charge in [-0.2, -0.15) is 8.70 Å². The van der Waals surface area contributed by atoms with Crippen LogP contribution in [0.4, 0.5) is 15.9 Å². The number of hydrogen-bond donors (Lipinski definition) is 0. The number of sulfonamides is 1. The lowest BCUT2D eigenvalue weighted by atomic mass is 9.82. The van der Waals surface area contributed by atoms with E-state index in [0.717, 1.165) is 42.6 Å². The fourth-order valence-corrected chi connectivity index (χ4v) is 6.44. The van der Waals surface area contributed by atoms with Gasteiger partial charge in [0.15, 0.2) is 11.6 Å². The van der Waals surface area contributed by atoms with Crippen molar-refractivity contribution in [2.24, 2.45) is 0 Å². The molecule has 6 heterocycles. The number of aromatic nitrogens is 5. The molecule has 6 rings (SSSR count). The number of fused-ring (bicyclic) bond motifs is 4. The monoisotopic (exact) mass is 510 g/mol. The van der Waals surface area contributed by atoms with Crippen LogP contribution in [0.2, 0.25) is 0 Å². The zero-order chi connectivity index (χ0) is 24.9. The number of nitrogens with zero attached hydrogens (tertiary/aromatic N) is 8. The van der Waals surface area contributed by atoms with E-state index in [1.165, 1.54) is 16.6 Å². The summed E-state index contributed by atoms with van der Waals surface area (Å²) >= 11 is 0. The summed E-state index contributed by atoms with van der Waals surface area (Å²) < 4.78 is 40.0. The first-order valence-electron chi connectivity index (χ1n) is 12.2. The molecule has 0 saturated carbocycles. The topological polar surface area (TPSA) is 108 Å². The van der Waals surface area contributed by atoms with Crippen molar-refractivity contribution in [3.8, 4) is 11.6 Å². The summed E-state index contributed by atoms with van der Waals surface area (Å²) in [4.78, 5) is 26.5. The van der Waals surface area contributed by atoms with E-state index in [0.29, 0.717) is 43.6 Å². The molecular weight excluding hydrogens is 483 g/mol. The second kappa shape index (κ2) is 9.00. The second-order valence-corrected chi connectivity index (χ2v) is 11.5. The summed E-state index contributed by atoms with van der Waals surface area (Å²) in [6, 6.07) is 5.29. The summed E-state index contributed by atoms with van der Waals surface area (Å²) in [5.74, 6) is 1.08. The second-order valence-electron chi connectivity index (χ2n) is 9.54. The molecule has 10 nitrogen and oxygen atoms in total. The zero-order valence-corrected chi connectivity index (χ0v) is 20.8. The number of rotatable bonds is 4. The van der Waals surface area contributed by atoms with Gasteiger partial charge in [-0.3, -0.25) is 0 Å². The normalized spacial score (nSPS) is 22.4. The molecule has 2 atom stereocenters. The third kappa shape index (κ3) is 4.28. The molecule has 12 heteroatoms. The van der Waals surface area contributed by atoms with Crippen LogP contribution in [0.1, 0.15) is 36.6 Å². The highest BCUT2D eigenvalue weighted by atomic mass is 32.2. The van der Waals surface area contributed by atoms with Crippen LogP contribution in [-0.2, 0) is 16.4 Å². The van der Waals surface area contributed by atoms with E-state index in [9.17, 15) is 12.8 Å². The fraction of sp³-hybridized carbons (Fsp3) is 0.458. The SMILES string of the molecule is CS(=O)(=O)N1CCN(c2cc(F)nc(N3[C@@H]4CCC[C@H]3c3cnc(-c5ncccn5)nc3C4)c2)CC1. The molecular formula is C24H27FN8O2S. The van der Waals surface area contributed by atoms with E-state index < -0.39 is 16.0 Å². The van der Waals surface area contributed by atoms with E-state index in [-0.39, 0.29) is 12.1 Å². The van der Waals surface area contributed by atoms with Gasteiger partial charge in [-0.25, -0.2) is 33.3 Å². The van der Waals surface area contributed by atoms with Crippen molar-refractivity contribution in [1.29, 1.82) is 0 Å². The minimum Gasteiger partial charge on any atom is -0.369 e. The maximum Gasteiger partial charge on any atom is 0.216 e. The van der Waals surface area contributed by atoms with Crippen LogP contribution in [0, 0.1) is 5.95 Å². The lowest BCUT2D eigenvalue weighted by Crippen LogP contribution is -2.49. The average molecular weight is 511 g/mol. The van der Waals surface area contributed by atoms with Crippen LogP contribution in [0.3, 0.4) is 0 Å². The van der Waals surface area contributed by atoms with Gasteiger partial charge in [-0.05, 0) is 25.3 Å². The maximum absolute atomic E-state index is 14.8. The Hall–Kier alpha value is -3.25. The predicted octanol–water partition coefficient (Wildman–Crippen LogP) is 2.21. The minimum atomic E-state index is -3.23. The number of halogens is 1. The van der Waals surface area contributed by atoms with Crippen LogP contribution in [0.15, 0.2) is 36.8 Å². The Balaban J connectivity index is 1.30. The molecule has 0 aromatic carbocycles. The van der Waals surface area contributed by atoms with Crippen LogP contribution in [0.5, 0.6) is 0 Å². The van der Waals surface area contributed by atoms with E-state index >= 15 is 0 Å². The minimum absolute atomic E-state index is 0.0162. The third-order valence-corrected chi connectivity index (χ3v) is 8.60. The summed E-state index contributed by atoms with van der Waals surface area (Å²) in [6.45, 7) is 1.77. The van der Waals surface area contributed by atoms with Gasteiger partial charge in [0, 0.05) is 80.6 Å². The van der Waals surface area contributed by atoms with Gasteiger partial charge in [0.05, 0.1) is 18.0 Å². The first-order chi connectivity index (χ1) is 17.4.